The molecule has 0 radical (unpaired) electrons. The Bertz CT molecular complexity index is 222. The van der Waals surface area contributed by atoms with E-state index in [-0.39, 0.29) is 12.1 Å². The molecular formula is C7H11N3O. The molecule has 0 spiro atoms. The highest BCUT2D eigenvalue weighted by Crippen LogP contribution is 2.13. The Balaban J connectivity index is 2.16. The quantitative estimate of drug-likeness (QED) is 0.566. The zero-order valence-corrected chi connectivity index (χ0v) is 6.14. The first-order valence-corrected chi connectivity index (χ1v) is 3.76. The van der Waals surface area contributed by atoms with Gasteiger partial charge in [0.25, 0.3) is 0 Å². The van der Waals surface area contributed by atoms with Gasteiger partial charge in [-0.1, -0.05) is 0 Å². The third kappa shape index (κ3) is 1.15. The molecule has 11 heavy (non-hydrogen) atoms. The number of aromatic nitrogens is 2. The van der Waals surface area contributed by atoms with Crippen LogP contribution in [0, 0.1) is 0 Å². The number of β-amino-alcohol motifs (C(OH)–C–C–N with tert-alkyl or cyclic N) is 1. The standard InChI is InChI=1S/C7H11N3O/c11-7-5-8-4-6(7)10-3-1-2-9-10/h1-3,6-8,11H,4-5H2/t6-,7-/m1/s1. The van der Waals surface area contributed by atoms with E-state index in [9.17, 15) is 5.11 Å². The fourth-order valence-corrected chi connectivity index (χ4v) is 1.40. The molecule has 1 aromatic rings. The van der Waals surface area contributed by atoms with Crippen molar-refractivity contribution in [3.05, 3.63) is 18.5 Å². The summed E-state index contributed by atoms with van der Waals surface area (Å²) in [7, 11) is 0. The zero-order chi connectivity index (χ0) is 7.68. The van der Waals surface area contributed by atoms with Gasteiger partial charge in [-0.15, -0.1) is 0 Å². The number of hydrogen-bond acceptors (Lipinski definition) is 3. The lowest BCUT2D eigenvalue weighted by atomic mass is 10.2. The molecule has 0 bridgehead atoms. The third-order valence-corrected chi connectivity index (χ3v) is 2.02. The second-order valence-corrected chi connectivity index (χ2v) is 2.78. The van der Waals surface area contributed by atoms with Crippen LogP contribution in [-0.4, -0.2) is 34.1 Å². The maximum Gasteiger partial charge on any atom is 0.0914 e. The molecule has 4 heteroatoms. The summed E-state index contributed by atoms with van der Waals surface area (Å²) in [6.07, 6.45) is 3.31. The maximum atomic E-state index is 9.44. The second-order valence-electron chi connectivity index (χ2n) is 2.78. The van der Waals surface area contributed by atoms with Gasteiger partial charge in [0, 0.05) is 25.5 Å². The van der Waals surface area contributed by atoms with E-state index < -0.39 is 0 Å². The van der Waals surface area contributed by atoms with Gasteiger partial charge in [0.05, 0.1) is 12.1 Å². The molecule has 0 amide bonds. The first-order valence-electron chi connectivity index (χ1n) is 3.76. The van der Waals surface area contributed by atoms with E-state index in [2.05, 4.69) is 10.4 Å². The Kier molecular flexibility index (Phi) is 1.63. The Labute approximate surface area is 64.8 Å². The van der Waals surface area contributed by atoms with Crippen molar-refractivity contribution in [1.29, 1.82) is 0 Å². The summed E-state index contributed by atoms with van der Waals surface area (Å²) in [5, 5.41) is 16.6. The van der Waals surface area contributed by atoms with Crippen molar-refractivity contribution in [2.45, 2.75) is 12.1 Å². The van der Waals surface area contributed by atoms with Crippen LogP contribution in [0.4, 0.5) is 0 Å². The number of aliphatic hydroxyl groups is 1. The largest absolute Gasteiger partial charge is 0.390 e. The SMILES string of the molecule is O[C@@H]1CNC[C@H]1n1cccn1. The number of nitrogens with one attached hydrogen (secondary N) is 1. The fourth-order valence-electron chi connectivity index (χ4n) is 1.40. The average Bonchev–Trinajstić information content (AvgIpc) is 2.55. The molecule has 60 valence electrons. The Morgan fingerprint density at radius 2 is 2.45 bits per heavy atom. The van der Waals surface area contributed by atoms with Crippen molar-refractivity contribution in [2.75, 3.05) is 13.1 Å². The van der Waals surface area contributed by atoms with E-state index in [0.29, 0.717) is 6.54 Å². The van der Waals surface area contributed by atoms with Gasteiger partial charge in [0.1, 0.15) is 0 Å². The molecule has 1 fully saturated rings. The molecule has 1 aromatic heterocycles. The summed E-state index contributed by atoms with van der Waals surface area (Å²) in [5.41, 5.74) is 0. The molecule has 2 atom stereocenters. The Morgan fingerprint density at radius 3 is 3.00 bits per heavy atom. The van der Waals surface area contributed by atoms with E-state index in [0.717, 1.165) is 6.54 Å². The van der Waals surface area contributed by atoms with Crippen molar-refractivity contribution in [1.82, 2.24) is 15.1 Å². The third-order valence-electron chi connectivity index (χ3n) is 2.02. The van der Waals surface area contributed by atoms with Crippen LogP contribution in [0.3, 0.4) is 0 Å². The van der Waals surface area contributed by atoms with Gasteiger partial charge in [-0.05, 0) is 6.07 Å². The first-order chi connectivity index (χ1) is 5.38. The van der Waals surface area contributed by atoms with Crippen LogP contribution in [0.15, 0.2) is 18.5 Å². The minimum Gasteiger partial charge on any atom is -0.390 e. The van der Waals surface area contributed by atoms with Crippen LogP contribution in [-0.2, 0) is 0 Å². The van der Waals surface area contributed by atoms with Crippen LogP contribution in [0.25, 0.3) is 0 Å². The molecule has 1 aliphatic heterocycles. The zero-order valence-electron chi connectivity index (χ0n) is 6.14. The van der Waals surface area contributed by atoms with Gasteiger partial charge in [-0.2, -0.15) is 5.10 Å². The van der Waals surface area contributed by atoms with E-state index in [1.807, 2.05) is 12.3 Å². The summed E-state index contributed by atoms with van der Waals surface area (Å²) in [4.78, 5) is 0. The first kappa shape index (κ1) is 6.82. The van der Waals surface area contributed by atoms with Crippen molar-refractivity contribution in [3.63, 3.8) is 0 Å². The van der Waals surface area contributed by atoms with Crippen molar-refractivity contribution in [2.24, 2.45) is 0 Å². The molecule has 1 saturated heterocycles. The van der Waals surface area contributed by atoms with Crippen LogP contribution in [0.5, 0.6) is 0 Å². The Morgan fingerprint density at radius 1 is 1.55 bits per heavy atom. The topological polar surface area (TPSA) is 50.1 Å². The van der Waals surface area contributed by atoms with Gasteiger partial charge in [0.15, 0.2) is 0 Å². The summed E-state index contributed by atoms with van der Waals surface area (Å²) in [6, 6.07) is 1.98. The minimum atomic E-state index is -0.296. The average molecular weight is 153 g/mol. The molecule has 2 rings (SSSR count). The van der Waals surface area contributed by atoms with Gasteiger partial charge >= 0.3 is 0 Å². The van der Waals surface area contributed by atoms with Gasteiger partial charge in [-0.3, -0.25) is 4.68 Å². The summed E-state index contributed by atoms with van der Waals surface area (Å²) < 4.78 is 1.80. The number of nitrogens with zero attached hydrogens (tertiary/aromatic N) is 2. The van der Waals surface area contributed by atoms with Crippen LogP contribution in [0.1, 0.15) is 6.04 Å². The van der Waals surface area contributed by atoms with Crippen molar-refractivity contribution >= 4 is 0 Å². The lowest BCUT2D eigenvalue weighted by molar-refractivity contribution is 0.145. The summed E-state index contributed by atoms with van der Waals surface area (Å²) in [5.74, 6) is 0. The normalized spacial score (nSPS) is 31.0. The molecule has 0 saturated carbocycles. The second kappa shape index (κ2) is 2.64. The fraction of sp³-hybridized carbons (Fsp3) is 0.571. The van der Waals surface area contributed by atoms with Crippen LogP contribution in [0.2, 0.25) is 0 Å². The monoisotopic (exact) mass is 153 g/mol. The highest BCUT2D eigenvalue weighted by molar-refractivity contribution is 4.89. The number of aliphatic hydroxyl groups excluding tert-OH is 1. The molecule has 4 nitrogen and oxygen atoms in total. The molecule has 0 aliphatic carbocycles. The van der Waals surface area contributed by atoms with Gasteiger partial charge < -0.3 is 10.4 Å². The van der Waals surface area contributed by atoms with E-state index in [1.54, 1.807) is 10.9 Å². The van der Waals surface area contributed by atoms with E-state index >= 15 is 0 Å². The lowest BCUT2D eigenvalue weighted by Crippen LogP contribution is -2.22. The predicted octanol–water partition coefficient (Wildman–Crippen LogP) is -0.612. The van der Waals surface area contributed by atoms with E-state index in [1.165, 1.54) is 0 Å². The molecule has 2 heterocycles. The van der Waals surface area contributed by atoms with Crippen LogP contribution >= 0.6 is 0 Å². The maximum absolute atomic E-state index is 9.44. The minimum absolute atomic E-state index is 0.116. The number of rotatable bonds is 1. The molecular weight excluding hydrogens is 142 g/mol. The van der Waals surface area contributed by atoms with E-state index in [4.69, 9.17) is 0 Å². The van der Waals surface area contributed by atoms with Crippen molar-refractivity contribution < 1.29 is 5.11 Å². The smallest absolute Gasteiger partial charge is 0.0914 e. The molecule has 0 aromatic carbocycles. The molecule has 1 aliphatic rings. The van der Waals surface area contributed by atoms with Crippen molar-refractivity contribution in [3.8, 4) is 0 Å². The Hall–Kier alpha value is -0.870. The molecule has 2 N–H and O–H groups in total. The van der Waals surface area contributed by atoms with Crippen LogP contribution < -0.4 is 5.32 Å². The lowest BCUT2D eigenvalue weighted by Gasteiger charge is -2.12. The molecule has 0 unspecified atom stereocenters. The van der Waals surface area contributed by atoms with Gasteiger partial charge in [0.2, 0.25) is 0 Å². The summed E-state index contributed by atoms with van der Waals surface area (Å²) >= 11 is 0. The highest BCUT2D eigenvalue weighted by atomic mass is 16.3. The van der Waals surface area contributed by atoms with Gasteiger partial charge in [-0.25, -0.2) is 0 Å². The summed E-state index contributed by atoms with van der Waals surface area (Å²) in [6.45, 7) is 1.48. The predicted molar refractivity (Wildman–Crippen MR) is 40.1 cm³/mol. The number of hydrogen-bond donors (Lipinski definition) is 2. The highest BCUT2D eigenvalue weighted by Gasteiger charge is 2.26.